The molecule has 0 aliphatic rings. The lowest BCUT2D eigenvalue weighted by Gasteiger charge is -2.23. The first kappa shape index (κ1) is 15.8. The molecule has 0 aromatic heterocycles. The van der Waals surface area contributed by atoms with Crippen LogP contribution in [-0.2, 0) is 4.74 Å². The number of benzene rings is 1. The predicted molar refractivity (Wildman–Crippen MR) is 77.1 cm³/mol. The second-order valence-corrected chi connectivity index (χ2v) is 4.26. The van der Waals surface area contributed by atoms with E-state index in [9.17, 15) is 0 Å². The van der Waals surface area contributed by atoms with Gasteiger partial charge < -0.3 is 19.5 Å². The van der Waals surface area contributed by atoms with Gasteiger partial charge in [-0.15, -0.1) is 0 Å². The highest BCUT2D eigenvalue weighted by molar-refractivity contribution is 5.47. The first-order valence-electron chi connectivity index (χ1n) is 6.80. The van der Waals surface area contributed by atoms with Crippen molar-refractivity contribution in [1.29, 1.82) is 0 Å². The molecular formula is C15H25NO3. The van der Waals surface area contributed by atoms with Crippen LogP contribution in [0.2, 0.25) is 0 Å². The molecular weight excluding hydrogens is 242 g/mol. The molecule has 0 aliphatic carbocycles. The van der Waals surface area contributed by atoms with E-state index >= 15 is 0 Å². The second-order valence-electron chi connectivity index (χ2n) is 4.26. The van der Waals surface area contributed by atoms with Crippen LogP contribution in [0.5, 0.6) is 11.5 Å². The van der Waals surface area contributed by atoms with Crippen molar-refractivity contribution in [2.45, 2.75) is 26.3 Å². The highest BCUT2D eigenvalue weighted by Crippen LogP contribution is 2.34. The van der Waals surface area contributed by atoms with Crippen LogP contribution in [0.1, 0.15) is 31.9 Å². The van der Waals surface area contributed by atoms with Gasteiger partial charge in [0, 0.05) is 6.61 Å². The summed E-state index contributed by atoms with van der Waals surface area (Å²) in [6.45, 7) is 6.42. The zero-order chi connectivity index (χ0) is 14.1. The van der Waals surface area contributed by atoms with Crippen molar-refractivity contribution in [3.05, 3.63) is 23.8 Å². The molecule has 0 spiro atoms. The summed E-state index contributed by atoms with van der Waals surface area (Å²) in [5, 5.41) is 3.42. The van der Waals surface area contributed by atoms with Gasteiger partial charge in [-0.2, -0.15) is 0 Å². The zero-order valence-electron chi connectivity index (χ0n) is 12.4. The lowest BCUT2D eigenvalue weighted by molar-refractivity contribution is 0.111. The van der Waals surface area contributed by atoms with Crippen molar-refractivity contribution in [3.8, 4) is 11.5 Å². The fourth-order valence-electron chi connectivity index (χ4n) is 2.06. The average Bonchev–Trinajstić information content (AvgIpc) is 2.45. The Morgan fingerprint density at radius 3 is 2.21 bits per heavy atom. The van der Waals surface area contributed by atoms with Gasteiger partial charge in [0.25, 0.3) is 0 Å². The Kier molecular flexibility index (Phi) is 7.30. The van der Waals surface area contributed by atoms with Gasteiger partial charge >= 0.3 is 0 Å². The molecule has 1 N–H and O–H groups in total. The lowest BCUT2D eigenvalue weighted by atomic mass is 10.0. The Hall–Kier alpha value is -1.26. The number of nitrogens with one attached hydrogen (secondary N) is 1. The van der Waals surface area contributed by atoms with Crippen LogP contribution in [0.3, 0.4) is 0 Å². The van der Waals surface area contributed by atoms with Crippen molar-refractivity contribution in [3.63, 3.8) is 0 Å². The average molecular weight is 267 g/mol. The number of likely N-dealkylation sites (N-methyl/N-ethyl adjacent to an activating group) is 1. The third-order valence-electron chi connectivity index (χ3n) is 2.90. The minimum atomic E-state index is 0.0719. The maximum absolute atomic E-state index is 5.68. The topological polar surface area (TPSA) is 39.7 Å². The molecule has 0 fully saturated rings. The molecule has 0 heterocycles. The Balaban J connectivity index is 2.98. The van der Waals surface area contributed by atoms with Gasteiger partial charge in [-0.1, -0.05) is 19.9 Å². The van der Waals surface area contributed by atoms with Crippen molar-refractivity contribution in [2.75, 3.05) is 34.0 Å². The Bertz CT molecular complexity index is 346. The minimum Gasteiger partial charge on any atom is -0.496 e. The van der Waals surface area contributed by atoms with Crippen LogP contribution >= 0.6 is 0 Å². The number of hydrogen-bond donors (Lipinski definition) is 1. The van der Waals surface area contributed by atoms with Gasteiger partial charge in [0.1, 0.15) is 11.5 Å². The van der Waals surface area contributed by atoms with E-state index < -0.39 is 0 Å². The molecule has 1 aromatic carbocycles. The molecule has 4 nitrogen and oxygen atoms in total. The van der Waals surface area contributed by atoms with Crippen LogP contribution < -0.4 is 14.8 Å². The Morgan fingerprint density at radius 2 is 1.74 bits per heavy atom. The maximum Gasteiger partial charge on any atom is 0.127 e. The van der Waals surface area contributed by atoms with E-state index in [0.29, 0.717) is 6.61 Å². The van der Waals surface area contributed by atoms with Crippen LogP contribution in [-0.4, -0.2) is 34.0 Å². The molecule has 0 aliphatic heterocycles. The van der Waals surface area contributed by atoms with E-state index in [-0.39, 0.29) is 6.04 Å². The monoisotopic (exact) mass is 267 g/mol. The summed E-state index contributed by atoms with van der Waals surface area (Å²) in [5.74, 6) is 1.65. The predicted octanol–water partition coefficient (Wildman–Crippen LogP) is 2.78. The molecule has 4 heteroatoms. The maximum atomic E-state index is 5.68. The largest absolute Gasteiger partial charge is 0.496 e. The van der Waals surface area contributed by atoms with Gasteiger partial charge in [0.15, 0.2) is 0 Å². The third-order valence-corrected chi connectivity index (χ3v) is 2.90. The molecule has 1 aromatic rings. The van der Waals surface area contributed by atoms with E-state index in [4.69, 9.17) is 14.2 Å². The molecule has 0 radical (unpaired) electrons. The molecule has 19 heavy (non-hydrogen) atoms. The van der Waals surface area contributed by atoms with Crippen molar-refractivity contribution < 1.29 is 14.2 Å². The van der Waals surface area contributed by atoms with Gasteiger partial charge in [0.2, 0.25) is 0 Å². The molecule has 1 rings (SSSR count). The molecule has 0 saturated carbocycles. The standard InChI is InChI=1S/C15H25NO3/c1-5-10-19-11-12(16-6-2)15-13(17-3)8-7-9-14(15)18-4/h7-9,12,16H,5-6,10-11H2,1-4H3. The smallest absolute Gasteiger partial charge is 0.127 e. The number of ether oxygens (including phenoxy) is 3. The van der Waals surface area contributed by atoms with E-state index in [1.165, 1.54) is 0 Å². The fraction of sp³-hybridized carbons (Fsp3) is 0.600. The number of rotatable bonds is 9. The third kappa shape index (κ3) is 4.40. The van der Waals surface area contributed by atoms with E-state index in [0.717, 1.165) is 36.6 Å². The van der Waals surface area contributed by atoms with Gasteiger partial charge in [-0.25, -0.2) is 0 Å². The van der Waals surface area contributed by atoms with E-state index in [1.54, 1.807) is 14.2 Å². The molecule has 0 saturated heterocycles. The quantitative estimate of drug-likeness (QED) is 0.698. The van der Waals surface area contributed by atoms with E-state index in [2.05, 4.69) is 19.2 Å². The van der Waals surface area contributed by atoms with Gasteiger partial charge in [-0.3, -0.25) is 0 Å². The highest BCUT2D eigenvalue weighted by atomic mass is 16.5. The molecule has 108 valence electrons. The van der Waals surface area contributed by atoms with Crippen LogP contribution in [0.4, 0.5) is 0 Å². The molecule has 0 amide bonds. The van der Waals surface area contributed by atoms with Crippen molar-refractivity contribution >= 4 is 0 Å². The SMILES string of the molecule is CCCOCC(NCC)c1c(OC)cccc1OC. The summed E-state index contributed by atoms with van der Waals surface area (Å²) in [4.78, 5) is 0. The van der Waals surface area contributed by atoms with E-state index in [1.807, 2.05) is 18.2 Å². The summed E-state index contributed by atoms with van der Waals surface area (Å²) in [6.07, 6.45) is 1.02. The van der Waals surface area contributed by atoms with Crippen molar-refractivity contribution in [1.82, 2.24) is 5.32 Å². The molecule has 1 atom stereocenters. The van der Waals surface area contributed by atoms with Crippen LogP contribution in [0.15, 0.2) is 18.2 Å². The Labute approximate surface area is 116 Å². The summed E-state index contributed by atoms with van der Waals surface area (Å²) in [6, 6.07) is 5.89. The van der Waals surface area contributed by atoms with Crippen LogP contribution in [0, 0.1) is 0 Å². The molecule has 1 unspecified atom stereocenters. The van der Waals surface area contributed by atoms with Gasteiger partial charge in [-0.05, 0) is 25.1 Å². The normalized spacial score (nSPS) is 12.2. The lowest BCUT2D eigenvalue weighted by Crippen LogP contribution is -2.26. The highest BCUT2D eigenvalue weighted by Gasteiger charge is 2.20. The Morgan fingerprint density at radius 1 is 1.11 bits per heavy atom. The first-order valence-corrected chi connectivity index (χ1v) is 6.80. The first-order chi connectivity index (χ1) is 9.28. The summed E-state index contributed by atoms with van der Waals surface area (Å²) >= 11 is 0. The number of hydrogen-bond acceptors (Lipinski definition) is 4. The molecule has 0 bridgehead atoms. The van der Waals surface area contributed by atoms with Crippen LogP contribution in [0.25, 0.3) is 0 Å². The zero-order valence-corrected chi connectivity index (χ0v) is 12.4. The fourth-order valence-corrected chi connectivity index (χ4v) is 2.06. The number of methoxy groups -OCH3 is 2. The summed E-state index contributed by atoms with van der Waals surface area (Å²) < 4.78 is 16.6. The summed E-state index contributed by atoms with van der Waals surface area (Å²) in [5.41, 5.74) is 1.02. The summed E-state index contributed by atoms with van der Waals surface area (Å²) in [7, 11) is 3.35. The minimum absolute atomic E-state index is 0.0719. The van der Waals surface area contributed by atoms with Gasteiger partial charge in [0.05, 0.1) is 32.4 Å². The second kappa shape index (κ2) is 8.77. The van der Waals surface area contributed by atoms with Crippen molar-refractivity contribution in [2.24, 2.45) is 0 Å².